The Morgan fingerprint density at radius 1 is 1.12 bits per heavy atom. The van der Waals surface area contributed by atoms with Crippen LogP contribution in [0.5, 0.6) is 0 Å². The van der Waals surface area contributed by atoms with Crippen molar-refractivity contribution in [3.8, 4) is 5.69 Å². The number of piperidine rings is 1. The van der Waals surface area contributed by atoms with Gasteiger partial charge in [-0.05, 0) is 68.8 Å². The van der Waals surface area contributed by atoms with Crippen LogP contribution in [0.2, 0.25) is 0 Å². The fourth-order valence-electron chi connectivity index (χ4n) is 3.95. The maximum absolute atomic E-state index is 4.69. The molecule has 1 aromatic carbocycles. The molecule has 1 saturated heterocycles. The van der Waals surface area contributed by atoms with E-state index in [0.29, 0.717) is 0 Å². The highest BCUT2D eigenvalue weighted by Gasteiger charge is 2.20. The Morgan fingerprint density at radius 3 is 2.71 bits per heavy atom. The summed E-state index contributed by atoms with van der Waals surface area (Å²) >= 11 is 0. The second kappa shape index (κ2) is 6.94. The molecular weight excluding hydrogens is 294 g/mol. The number of likely N-dealkylation sites (tertiary alicyclic amines) is 1. The molecule has 24 heavy (non-hydrogen) atoms. The molecule has 1 fully saturated rings. The lowest BCUT2D eigenvalue weighted by Gasteiger charge is -2.29. The second-order valence-corrected chi connectivity index (χ2v) is 7.32. The third kappa shape index (κ3) is 3.18. The molecule has 126 valence electrons. The molecule has 0 bridgehead atoms. The summed E-state index contributed by atoms with van der Waals surface area (Å²) < 4.78 is 2.13. The van der Waals surface area contributed by atoms with Gasteiger partial charge < -0.3 is 0 Å². The molecule has 0 radical (unpaired) electrons. The van der Waals surface area contributed by atoms with Gasteiger partial charge in [0, 0.05) is 12.1 Å². The third-order valence-corrected chi connectivity index (χ3v) is 5.55. The van der Waals surface area contributed by atoms with Gasteiger partial charge in [-0.25, -0.2) is 4.68 Å². The maximum atomic E-state index is 4.69. The van der Waals surface area contributed by atoms with Gasteiger partial charge in [0.25, 0.3) is 0 Å². The van der Waals surface area contributed by atoms with Gasteiger partial charge in [0.05, 0.1) is 17.6 Å². The molecule has 2 aliphatic rings. The van der Waals surface area contributed by atoms with Crippen molar-refractivity contribution < 1.29 is 0 Å². The average molecular weight is 321 g/mol. The van der Waals surface area contributed by atoms with Crippen molar-refractivity contribution in [2.45, 2.75) is 39.0 Å². The second-order valence-electron chi connectivity index (χ2n) is 7.32. The van der Waals surface area contributed by atoms with Gasteiger partial charge in [0.15, 0.2) is 0 Å². The Morgan fingerprint density at radius 2 is 1.92 bits per heavy atom. The van der Waals surface area contributed by atoms with Crippen molar-refractivity contribution in [3.05, 3.63) is 53.9 Å². The summed E-state index contributed by atoms with van der Waals surface area (Å²) in [6.45, 7) is 5.97. The standard InChI is InChI=1S/C21H27N3/c1-17-10-13-23(14-11-17)15-12-18-6-5-9-21-20(18)16-22-24(21)19-7-3-2-4-8-19/h2-4,7-8,12,16-17H,5-6,9-11,13-15H2,1H3. The number of aromatic nitrogens is 2. The van der Waals surface area contributed by atoms with Crippen molar-refractivity contribution in [3.63, 3.8) is 0 Å². The van der Waals surface area contributed by atoms with E-state index in [9.17, 15) is 0 Å². The molecule has 1 aliphatic heterocycles. The highest BCUT2D eigenvalue weighted by atomic mass is 15.3. The first-order valence-electron chi connectivity index (χ1n) is 9.35. The van der Waals surface area contributed by atoms with Crippen LogP contribution in [0.15, 0.2) is 42.6 Å². The molecule has 0 saturated carbocycles. The van der Waals surface area contributed by atoms with E-state index in [-0.39, 0.29) is 0 Å². The lowest BCUT2D eigenvalue weighted by atomic mass is 9.92. The molecule has 1 aromatic heterocycles. The van der Waals surface area contributed by atoms with Crippen LogP contribution in [0.25, 0.3) is 11.3 Å². The zero-order valence-corrected chi connectivity index (χ0v) is 14.6. The topological polar surface area (TPSA) is 21.1 Å². The number of nitrogens with zero attached hydrogens (tertiary/aromatic N) is 3. The lowest BCUT2D eigenvalue weighted by Crippen LogP contribution is -2.33. The minimum Gasteiger partial charge on any atom is -0.300 e. The molecular formula is C21H27N3. The molecule has 0 amide bonds. The van der Waals surface area contributed by atoms with E-state index >= 15 is 0 Å². The van der Waals surface area contributed by atoms with Crippen LogP contribution < -0.4 is 0 Å². The van der Waals surface area contributed by atoms with Gasteiger partial charge in [-0.3, -0.25) is 4.90 Å². The largest absolute Gasteiger partial charge is 0.300 e. The molecule has 0 atom stereocenters. The summed E-state index contributed by atoms with van der Waals surface area (Å²) in [4.78, 5) is 2.60. The van der Waals surface area contributed by atoms with Gasteiger partial charge in [-0.2, -0.15) is 5.10 Å². The van der Waals surface area contributed by atoms with Crippen LogP contribution in [0, 0.1) is 5.92 Å². The monoisotopic (exact) mass is 321 g/mol. The first-order chi connectivity index (χ1) is 11.8. The SMILES string of the molecule is CC1CCN(CC=C2CCCc3c2cnn3-c2ccccc2)CC1. The quantitative estimate of drug-likeness (QED) is 0.839. The van der Waals surface area contributed by atoms with E-state index < -0.39 is 0 Å². The molecule has 4 rings (SSSR count). The predicted octanol–water partition coefficient (Wildman–Crippen LogP) is 4.32. The minimum atomic E-state index is 0.902. The zero-order valence-electron chi connectivity index (χ0n) is 14.6. The predicted molar refractivity (Wildman–Crippen MR) is 99.3 cm³/mol. The zero-order chi connectivity index (χ0) is 16.4. The van der Waals surface area contributed by atoms with Crippen LogP contribution in [-0.2, 0) is 6.42 Å². The van der Waals surface area contributed by atoms with Gasteiger partial charge in [0.2, 0.25) is 0 Å². The third-order valence-electron chi connectivity index (χ3n) is 5.55. The summed E-state index contributed by atoms with van der Waals surface area (Å²) in [7, 11) is 0. The highest BCUT2D eigenvalue weighted by Crippen LogP contribution is 2.32. The Labute approximate surface area is 145 Å². The molecule has 0 N–H and O–H groups in total. The number of hydrogen-bond acceptors (Lipinski definition) is 2. The summed E-state index contributed by atoms with van der Waals surface area (Å²) in [6.07, 6.45) is 10.8. The Bertz CT molecular complexity index is 706. The molecule has 1 aliphatic carbocycles. The van der Waals surface area contributed by atoms with Crippen molar-refractivity contribution in [1.29, 1.82) is 0 Å². The highest BCUT2D eigenvalue weighted by molar-refractivity contribution is 5.69. The number of para-hydroxylation sites is 1. The number of hydrogen-bond donors (Lipinski definition) is 0. The normalized spacial score (nSPS) is 21.1. The molecule has 0 spiro atoms. The maximum Gasteiger partial charge on any atom is 0.0649 e. The summed E-state index contributed by atoms with van der Waals surface area (Å²) in [5, 5.41) is 4.69. The van der Waals surface area contributed by atoms with Gasteiger partial charge in [0.1, 0.15) is 0 Å². The van der Waals surface area contributed by atoms with E-state index in [1.807, 2.05) is 0 Å². The molecule has 0 unspecified atom stereocenters. The Kier molecular flexibility index (Phi) is 4.52. The number of fused-ring (bicyclic) bond motifs is 1. The lowest BCUT2D eigenvalue weighted by molar-refractivity contribution is 0.210. The number of rotatable bonds is 3. The fraction of sp³-hybridized carbons (Fsp3) is 0.476. The summed E-state index contributed by atoms with van der Waals surface area (Å²) in [5.41, 5.74) is 5.42. The van der Waals surface area contributed by atoms with E-state index in [0.717, 1.165) is 18.9 Å². The van der Waals surface area contributed by atoms with Crippen LogP contribution >= 0.6 is 0 Å². The van der Waals surface area contributed by atoms with Crippen LogP contribution in [-0.4, -0.2) is 34.3 Å². The van der Waals surface area contributed by atoms with Crippen molar-refractivity contribution in [2.75, 3.05) is 19.6 Å². The smallest absolute Gasteiger partial charge is 0.0649 e. The number of allylic oxidation sites excluding steroid dienone is 1. The van der Waals surface area contributed by atoms with Gasteiger partial charge >= 0.3 is 0 Å². The fourth-order valence-corrected chi connectivity index (χ4v) is 3.95. The first kappa shape index (κ1) is 15.6. The summed E-state index contributed by atoms with van der Waals surface area (Å²) in [6, 6.07) is 10.5. The number of benzene rings is 1. The van der Waals surface area contributed by atoms with Crippen LogP contribution in [0.4, 0.5) is 0 Å². The molecule has 3 heteroatoms. The van der Waals surface area contributed by atoms with Crippen molar-refractivity contribution in [2.24, 2.45) is 5.92 Å². The van der Waals surface area contributed by atoms with E-state index in [1.54, 1.807) is 0 Å². The van der Waals surface area contributed by atoms with Crippen molar-refractivity contribution in [1.82, 2.24) is 14.7 Å². The molecule has 3 nitrogen and oxygen atoms in total. The first-order valence-corrected chi connectivity index (χ1v) is 9.35. The average Bonchev–Trinajstić information content (AvgIpc) is 3.07. The van der Waals surface area contributed by atoms with Gasteiger partial charge in [-0.1, -0.05) is 31.2 Å². The van der Waals surface area contributed by atoms with E-state index in [4.69, 9.17) is 0 Å². The minimum absolute atomic E-state index is 0.902. The Balaban J connectivity index is 1.54. The van der Waals surface area contributed by atoms with E-state index in [2.05, 4.69) is 64.2 Å². The molecule has 2 heterocycles. The van der Waals surface area contributed by atoms with Crippen LogP contribution in [0.1, 0.15) is 43.9 Å². The summed E-state index contributed by atoms with van der Waals surface area (Å²) in [5.74, 6) is 0.902. The molecule has 2 aromatic rings. The Hall–Kier alpha value is -1.87. The van der Waals surface area contributed by atoms with Gasteiger partial charge in [-0.15, -0.1) is 0 Å². The van der Waals surface area contributed by atoms with E-state index in [1.165, 1.54) is 61.3 Å². The van der Waals surface area contributed by atoms with Crippen molar-refractivity contribution >= 4 is 5.57 Å². The van der Waals surface area contributed by atoms with Crippen LogP contribution in [0.3, 0.4) is 0 Å².